The van der Waals surface area contributed by atoms with Crippen LogP contribution in [0, 0.1) is 0 Å². The highest BCUT2D eigenvalue weighted by molar-refractivity contribution is 6.07. The summed E-state index contributed by atoms with van der Waals surface area (Å²) in [4.78, 5) is 24.8. The Morgan fingerprint density at radius 3 is 2.48 bits per heavy atom. The Bertz CT molecular complexity index is 774. The zero-order valence-electron chi connectivity index (χ0n) is 14.9. The zero-order valence-corrected chi connectivity index (χ0v) is 14.9. The first-order chi connectivity index (χ1) is 13.2. The summed E-state index contributed by atoms with van der Waals surface area (Å²) in [6.07, 6.45) is 2.24. The number of carbonyl (C=O) groups excluding carboxylic acids is 2. The summed E-state index contributed by atoms with van der Waals surface area (Å²) in [5, 5.41) is 16.8. The van der Waals surface area contributed by atoms with Crippen molar-refractivity contribution in [3.63, 3.8) is 0 Å². The molecule has 0 aliphatic carbocycles. The standard InChI is InChI=1S/C18H22N4O5/c23-8-10-27-12-11-26-9-7-21-13-16(19-20-21)14-1-3-15(4-2-14)18(25)22-6-5-17(22)24/h1-4,13,23H,5-12H2. The molecule has 0 radical (unpaired) electrons. The first-order valence-corrected chi connectivity index (χ1v) is 8.80. The van der Waals surface area contributed by atoms with E-state index >= 15 is 0 Å². The van der Waals surface area contributed by atoms with Gasteiger partial charge < -0.3 is 14.6 Å². The summed E-state index contributed by atoms with van der Waals surface area (Å²) in [5.74, 6) is -0.393. The van der Waals surface area contributed by atoms with Crippen LogP contribution in [0.5, 0.6) is 0 Å². The lowest BCUT2D eigenvalue weighted by atomic mass is 10.1. The number of rotatable bonds is 10. The van der Waals surface area contributed by atoms with Gasteiger partial charge in [-0.1, -0.05) is 17.3 Å². The maximum absolute atomic E-state index is 12.2. The molecular weight excluding hydrogens is 352 g/mol. The molecule has 0 bridgehead atoms. The quantitative estimate of drug-likeness (QED) is 0.363. The lowest BCUT2D eigenvalue weighted by molar-refractivity contribution is -0.135. The Hall–Kier alpha value is -2.62. The molecule has 0 unspecified atom stereocenters. The maximum Gasteiger partial charge on any atom is 0.260 e. The third kappa shape index (κ3) is 4.97. The molecule has 1 aromatic carbocycles. The second-order valence-electron chi connectivity index (χ2n) is 5.99. The van der Waals surface area contributed by atoms with Gasteiger partial charge in [-0.25, -0.2) is 4.68 Å². The third-order valence-corrected chi connectivity index (χ3v) is 4.13. The Morgan fingerprint density at radius 2 is 1.85 bits per heavy atom. The number of aliphatic hydroxyl groups is 1. The van der Waals surface area contributed by atoms with Crippen LogP contribution in [0.25, 0.3) is 11.3 Å². The number of hydrogen-bond donors (Lipinski definition) is 1. The highest BCUT2D eigenvalue weighted by Crippen LogP contribution is 2.19. The number of ether oxygens (including phenoxy) is 2. The van der Waals surface area contributed by atoms with Gasteiger partial charge in [-0.05, 0) is 12.1 Å². The van der Waals surface area contributed by atoms with Crippen molar-refractivity contribution >= 4 is 11.8 Å². The summed E-state index contributed by atoms with van der Waals surface area (Å²) in [5.41, 5.74) is 2.02. The Kier molecular flexibility index (Phi) is 6.64. The molecule has 1 saturated heterocycles. The largest absolute Gasteiger partial charge is 0.394 e. The van der Waals surface area contributed by atoms with Crippen molar-refractivity contribution in [2.24, 2.45) is 0 Å². The van der Waals surface area contributed by atoms with Gasteiger partial charge in [0.05, 0.1) is 45.8 Å². The van der Waals surface area contributed by atoms with Gasteiger partial charge in [0.15, 0.2) is 0 Å². The number of nitrogens with zero attached hydrogens (tertiary/aromatic N) is 4. The molecule has 9 nitrogen and oxygen atoms in total. The Balaban J connectivity index is 1.48. The van der Waals surface area contributed by atoms with Crippen LogP contribution in [-0.4, -0.2) is 76.4 Å². The fourth-order valence-corrected chi connectivity index (χ4v) is 2.55. The number of carbonyl (C=O) groups is 2. The zero-order chi connectivity index (χ0) is 19.1. The van der Waals surface area contributed by atoms with Gasteiger partial charge >= 0.3 is 0 Å². The maximum atomic E-state index is 12.2. The summed E-state index contributed by atoms with van der Waals surface area (Å²) in [6, 6.07) is 6.97. The molecule has 1 aromatic heterocycles. The minimum Gasteiger partial charge on any atom is -0.394 e. The van der Waals surface area contributed by atoms with Crippen molar-refractivity contribution in [2.75, 3.05) is 39.6 Å². The predicted molar refractivity (Wildman–Crippen MR) is 94.8 cm³/mol. The number of aromatic nitrogens is 3. The Morgan fingerprint density at radius 1 is 1.11 bits per heavy atom. The molecule has 2 aromatic rings. The van der Waals surface area contributed by atoms with Crippen LogP contribution >= 0.6 is 0 Å². The van der Waals surface area contributed by atoms with Gasteiger partial charge in [-0.15, -0.1) is 5.10 Å². The lowest BCUT2D eigenvalue weighted by Crippen LogP contribution is -2.47. The van der Waals surface area contributed by atoms with E-state index in [1.54, 1.807) is 35.1 Å². The summed E-state index contributed by atoms with van der Waals surface area (Å²) in [6.45, 7) is 2.74. The highest BCUT2D eigenvalue weighted by Gasteiger charge is 2.30. The molecule has 1 aliphatic heterocycles. The average molecular weight is 374 g/mol. The third-order valence-electron chi connectivity index (χ3n) is 4.13. The van der Waals surface area contributed by atoms with E-state index < -0.39 is 0 Å². The number of likely N-dealkylation sites (tertiary alicyclic amines) is 1. The van der Waals surface area contributed by atoms with Crippen LogP contribution < -0.4 is 0 Å². The number of benzene rings is 1. The van der Waals surface area contributed by atoms with Crippen LogP contribution in [0.4, 0.5) is 0 Å². The van der Waals surface area contributed by atoms with E-state index in [9.17, 15) is 9.59 Å². The smallest absolute Gasteiger partial charge is 0.260 e. The van der Waals surface area contributed by atoms with Crippen molar-refractivity contribution in [3.8, 4) is 11.3 Å². The molecule has 9 heteroatoms. The van der Waals surface area contributed by atoms with Gasteiger partial charge in [-0.2, -0.15) is 0 Å². The summed E-state index contributed by atoms with van der Waals surface area (Å²) >= 11 is 0. The minimum absolute atomic E-state index is 0.00720. The topological polar surface area (TPSA) is 107 Å². The number of imide groups is 1. The van der Waals surface area contributed by atoms with E-state index in [4.69, 9.17) is 14.6 Å². The first-order valence-electron chi connectivity index (χ1n) is 8.80. The fourth-order valence-electron chi connectivity index (χ4n) is 2.55. The number of amides is 2. The molecule has 1 aliphatic rings. The van der Waals surface area contributed by atoms with Crippen molar-refractivity contribution < 1.29 is 24.2 Å². The number of hydrogen-bond acceptors (Lipinski definition) is 7. The van der Waals surface area contributed by atoms with Gasteiger partial charge in [0.1, 0.15) is 5.69 Å². The molecule has 2 amide bonds. The van der Waals surface area contributed by atoms with E-state index in [1.807, 2.05) is 0 Å². The molecular formula is C18H22N4O5. The number of β-lactam (4-membered cyclic amide) rings is 1. The van der Waals surface area contributed by atoms with Crippen LogP contribution in [0.1, 0.15) is 16.8 Å². The molecule has 2 heterocycles. The molecule has 0 saturated carbocycles. The molecule has 27 heavy (non-hydrogen) atoms. The average Bonchev–Trinajstić information content (AvgIpc) is 3.15. The molecule has 0 atom stereocenters. The lowest BCUT2D eigenvalue weighted by Gasteiger charge is -2.28. The van der Waals surface area contributed by atoms with Crippen LogP contribution in [0.15, 0.2) is 30.5 Å². The molecule has 1 N–H and O–H groups in total. The molecule has 144 valence electrons. The Labute approximate surface area is 156 Å². The van der Waals surface area contributed by atoms with Gasteiger partial charge in [0.2, 0.25) is 5.91 Å². The monoisotopic (exact) mass is 374 g/mol. The normalized spacial score (nSPS) is 13.7. The minimum atomic E-state index is -0.262. The van der Waals surface area contributed by atoms with Crippen LogP contribution in [0.3, 0.4) is 0 Å². The van der Waals surface area contributed by atoms with E-state index in [0.29, 0.717) is 57.2 Å². The predicted octanol–water partition coefficient (Wildman–Crippen LogP) is 0.343. The highest BCUT2D eigenvalue weighted by atomic mass is 16.5. The van der Waals surface area contributed by atoms with E-state index in [1.165, 1.54) is 4.90 Å². The summed E-state index contributed by atoms with van der Waals surface area (Å²) in [7, 11) is 0. The van der Waals surface area contributed by atoms with Crippen molar-refractivity contribution in [3.05, 3.63) is 36.0 Å². The van der Waals surface area contributed by atoms with E-state index in [0.717, 1.165) is 5.56 Å². The van der Waals surface area contributed by atoms with Gasteiger partial charge in [-0.3, -0.25) is 14.5 Å². The van der Waals surface area contributed by atoms with Crippen molar-refractivity contribution in [1.82, 2.24) is 19.9 Å². The van der Waals surface area contributed by atoms with Crippen molar-refractivity contribution in [1.29, 1.82) is 0 Å². The number of aliphatic hydroxyl groups excluding tert-OH is 1. The molecule has 3 rings (SSSR count). The van der Waals surface area contributed by atoms with Gasteiger partial charge in [0, 0.05) is 24.1 Å². The van der Waals surface area contributed by atoms with E-state index in [-0.39, 0.29) is 18.4 Å². The van der Waals surface area contributed by atoms with Crippen LogP contribution in [-0.2, 0) is 20.8 Å². The summed E-state index contributed by atoms with van der Waals surface area (Å²) < 4.78 is 12.2. The molecule has 0 spiro atoms. The van der Waals surface area contributed by atoms with E-state index in [2.05, 4.69) is 10.3 Å². The van der Waals surface area contributed by atoms with Crippen LogP contribution in [0.2, 0.25) is 0 Å². The molecule has 1 fully saturated rings. The first kappa shape index (κ1) is 19.2. The van der Waals surface area contributed by atoms with Crippen molar-refractivity contribution in [2.45, 2.75) is 13.0 Å². The fraction of sp³-hybridized carbons (Fsp3) is 0.444. The van der Waals surface area contributed by atoms with Gasteiger partial charge in [0.25, 0.3) is 5.91 Å². The SMILES string of the molecule is O=C1CCN1C(=O)c1ccc(-c2cn(CCOCCOCCO)nn2)cc1. The second kappa shape index (κ2) is 9.36. The second-order valence-corrected chi connectivity index (χ2v) is 5.99.